The van der Waals surface area contributed by atoms with E-state index in [9.17, 15) is 9.59 Å². The third kappa shape index (κ3) is 3.54. The van der Waals surface area contributed by atoms with Crippen molar-refractivity contribution in [2.75, 3.05) is 0 Å². The van der Waals surface area contributed by atoms with Crippen LogP contribution in [0.4, 0.5) is 0 Å². The number of aryl methyl sites for hydroxylation is 1. The van der Waals surface area contributed by atoms with Crippen molar-refractivity contribution in [1.82, 2.24) is 10.9 Å². The number of hydrazine groups is 1. The summed E-state index contributed by atoms with van der Waals surface area (Å²) in [6, 6.07) is 14.7. The molecule has 0 spiro atoms. The monoisotopic (exact) mass is 356 g/mol. The van der Waals surface area contributed by atoms with Crippen LogP contribution >= 0.6 is 11.6 Å². The second-order valence-electron chi connectivity index (χ2n) is 6.40. The highest BCUT2D eigenvalue weighted by molar-refractivity contribution is 6.30. The van der Waals surface area contributed by atoms with Gasteiger partial charge in [-0.3, -0.25) is 20.4 Å². The molecule has 1 saturated carbocycles. The molecular formula is C20H21ClN2O2. The van der Waals surface area contributed by atoms with Gasteiger partial charge in [-0.05, 0) is 54.7 Å². The second kappa shape index (κ2) is 7.28. The first kappa shape index (κ1) is 17.5. The first-order chi connectivity index (χ1) is 12.0. The summed E-state index contributed by atoms with van der Waals surface area (Å²) in [6.07, 6.45) is 3.40. The SMILES string of the molecule is CCc1ccc(C(=O)NNC(=O)C2(c3cccc(Cl)c3)CCC2)cc1. The number of hydrogen-bond acceptors (Lipinski definition) is 2. The van der Waals surface area contributed by atoms with E-state index in [2.05, 4.69) is 17.8 Å². The first-order valence-corrected chi connectivity index (χ1v) is 8.89. The van der Waals surface area contributed by atoms with Crippen molar-refractivity contribution in [1.29, 1.82) is 0 Å². The van der Waals surface area contributed by atoms with Crippen molar-refractivity contribution in [3.63, 3.8) is 0 Å². The van der Waals surface area contributed by atoms with Gasteiger partial charge in [0, 0.05) is 10.6 Å². The molecule has 5 heteroatoms. The molecule has 2 N–H and O–H groups in total. The van der Waals surface area contributed by atoms with Crippen molar-refractivity contribution < 1.29 is 9.59 Å². The van der Waals surface area contributed by atoms with Gasteiger partial charge in [-0.25, -0.2) is 0 Å². The fraction of sp³-hybridized carbons (Fsp3) is 0.300. The third-order valence-electron chi connectivity index (χ3n) is 4.93. The second-order valence-corrected chi connectivity index (χ2v) is 6.84. The summed E-state index contributed by atoms with van der Waals surface area (Å²) in [6.45, 7) is 2.06. The number of benzene rings is 2. The molecule has 2 aromatic rings. The average Bonchev–Trinajstić information content (AvgIpc) is 2.59. The average molecular weight is 357 g/mol. The first-order valence-electron chi connectivity index (χ1n) is 8.51. The fourth-order valence-electron chi connectivity index (χ4n) is 3.16. The molecule has 25 heavy (non-hydrogen) atoms. The minimum Gasteiger partial charge on any atom is -0.272 e. The van der Waals surface area contributed by atoms with E-state index in [1.807, 2.05) is 30.3 Å². The molecule has 2 aromatic carbocycles. The summed E-state index contributed by atoms with van der Waals surface area (Å²) >= 11 is 6.07. The van der Waals surface area contributed by atoms with Crippen molar-refractivity contribution in [3.05, 3.63) is 70.2 Å². The molecule has 2 amide bonds. The maximum Gasteiger partial charge on any atom is 0.269 e. The van der Waals surface area contributed by atoms with Gasteiger partial charge >= 0.3 is 0 Å². The Labute approximate surface area is 152 Å². The highest BCUT2D eigenvalue weighted by Gasteiger charge is 2.45. The molecule has 0 atom stereocenters. The molecule has 0 heterocycles. The van der Waals surface area contributed by atoms with Crippen molar-refractivity contribution in [2.24, 2.45) is 0 Å². The molecule has 130 valence electrons. The van der Waals surface area contributed by atoms with Crippen molar-refractivity contribution in [2.45, 2.75) is 38.0 Å². The van der Waals surface area contributed by atoms with Crippen molar-refractivity contribution in [3.8, 4) is 0 Å². The molecule has 0 radical (unpaired) electrons. The highest BCUT2D eigenvalue weighted by atomic mass is 35.5. The van der Waals surface area contributed by atoms with Gasteiger partial charge in [0.1, 0.15) is 0 Å². The van der Waals surface area contributed by atoms with Crippen LogP contribution in [-0.2, 0) is 16.6 Å². The lowest BCUT2D eigenvalue weighted by Crippen LogP contribution is -2.54. The van der Waals surface area contributed by atoms with Crippen LogP contribution in [-0.4, -0.2) is 11.8 Å². The summed E-state index contributed by atoms with van der Waals surface area (Å²) in [5.74, 6) is -0.517. The van der Waals surface area contributed by atoms with Crippen LogP contribution in [0.5, 0.6) is 0 Å². The number of carbonyl (C=O) groups is 2. The predicted octanol–water partition coefficient (Wildman–Crippen LogP) is 3.79. The Morgan fingerprint density at radius 1 is 1.08 bits per heavy atom. The molecule has 0 aromatic heterocycles. The van der Waals surface area contributed by atoms with Gasteiger partial charge in [0.25, 0.3) is 5.91 Å². The molecule has 0 saturated heterocycles. The Balaban J connectivity index is 1.67. The maximum absolute atomic E-state index is 12.7. The molecule has 1 fully saturated rings. The molecular weight excluding hydrogens is 336 g/mol. The maximum atomic E-state index is 12.7. The Morgan fingerprint density at radius 2 is 1.80 bits per heavy atom. The Morgan fingerprint density at radius 3 is 2.36 bits per heavy atom. The van der Waals surface area contributed by atoms with Crippen LogP contribution in [0.15, 0.2) is 48.5 Å². The molecule has 3 rings (SSSR count). The van der Waals surface area contributed by atoms with E-state index in [1.54, 1.807) is 18.2 Å². The Bertz CT molecular complexity index is 783. The van der Waals surface area contributed by atoms with Gasteiger partial charge in [0.2, 0.25) is 5.91 Å². The van der Waals surface area contributed by atoms with Gasteiger partial charge < -0.3 is 0 Å². The zero-order valence-electron chi connectivity index (χ0n) is 14.1. The van der Waals surface area contributed by atoms with E-state index in [-0.39, 0.29) is 11.8 Å². The normalized spacial score (nSPS) is 15.1. The van der Waals surface area contributed by atoms with Gasteiger partial charge in [-0.2, -0.15) is 0 Å². The summed E-state index contributed by atoms with van der Waals surface area (Å²) < 4.78 is 0. The van der Waals surface area contributed by atoms with E-state index in [0.717, 1.165) is 36.8 Å². The smallest absolute Gasteiger partial charge is 0.269 e. The summed E-state index contributed by atoms with van der Waals surface area (Å²) in [5, 5.41) is 0.608. The van der Waals surface area contributed by atoms with Crippen molar-refractivity contribution >= 4 is 23.4 Å². The van der Waals surface area contributed by atoms with E-state index < -0.39 is 5.41 Å². The van der Waals surface area contributed by atoms with Gasteiger partial charge in [0.05, 0.1) is 5.41 Å². The molecule has 0 aliphatic heterocycles. The number of hydrogen-bond donors (Lipinski definition) is 2. The van der Waals surface area contributed by atoms with E-state index >= 15 is 0 Å². The summed E-state index contributed by atoms with van der Waals surface area (Å²) in [4.78, 5) is 25.0. The van der Waals surface area contributed by atoms with Gasteiger partial charge in [-0.15, -0.1) is 0 Å². The van der Waals surface area contributed by atoms with E-state index in [4.69, 9.17) is 11.6 Å². The lowest BCUT2D eigenvalue weighted by Gasteiger charge is -2.40. The van der Waals surface area contributed by atoms with Crippen LogP contribution in [0, 0.1) is 0 Å². The summed E-state index contributed by atoms with van der Waals surface area (Å²) in [5.41, 5.74) is 7.08. The van der Waals surface area contributed by atoms with Crippen LogP contribution in [0.25, 0.3) is 0 Å². The fourth-order valence-corrected chi connectivity index (χ4v) is 3.35. The standard InChI is InChI=1S/C20H21ClN2O2/c1-2-14-7-9-15(10-8-14)18(24)22-23-19(25)20(11-4-12-20)16-5-3-6-17(21)13-16/h3,5-10,13H,2,4,11-12H2,1H3,(H,22,24)(H,23,25). The largest absolute Gasteiger partial charge is 0.272 e. The third-order valence-corrected chi connectivity index (χ3v) is 5.17. The number of rotatable bonds is 4. The quantitative estimate of drug-likeness (QED) is 0.819. The van der Waals surface area contributed by atoms with Crippen LogP contribution < -0.4 is 10.9 Å². The van der Waals surface area contributed by atoms with Crippen LogP contribution in [0.2, 0.25) is 5.02 Å². The number of carbonyl (C=O) groups excluding carboxylic acids is 2. The Kier molecular flexibility index (Phi) is 5.09. The highest BCUT2D eigenvalue weighted by Crippen LogP contribution is 2.44. The number of nitrogens with one attached hydrogen (secondary N) is 2. The molecule has 4 nitrogen and oxygen atoms in total. The minimum atomic E-state index is -0.607. The molecule has 0 bridgehead atoms. The number of halogens is 1. The zero-order chi connectivity index (χ0) is 17.9. The van der Waals surface area contributed by atoms with Crippen LogP contribution in [0.3, 0.4) is 0 Å². The van der Waals surface area contributed by atoms with Gasteiger partial charge in [-0.1, -0.05) is 49.2 Å². The Hall–Kier alpha value is -2.33. The lowest BCUT2D eigenvalue weighted by atomic mass is 9.64. The van der Waals surface area contributed by atoms with E-state index in [1.165, 1.54) is 0 Å². The number of amides is 2. The topological polar surface area (TPSA) is 58.2 Å². The molecule has 1 aliphatic carbocycles. The van der Waals surface area contributed by atoms with Crippen LogP contribution in [0.1, 0.15) is 47.7 Å². The predicted molar refractivity (Wildman–Crippen MR) is 98.4 cm³/mol. The minimum absolute atomic E-state index is 0.195. The van der Waals surface area contributed by atoms with E-state index in [0.29, 0.717) is 10.6 Å². The molecule has 1 aliphatic rings. The lowest BCUT2D eigenvalue weighted by molar-refractivity contribution is -0.130. The zero-order valence-corrected chi connectivity index (χ0v) is 14.9. The molecule has 0 unspecified atom stereocenters. The van der Waals surface area contributed by atoms with Gasteiger partial charge in [0.15, 0.2) is 0 Å². The summed E-state index contributed by atoms with van der Waals surface area (Å²) in [7, 11) is 0.